The molecule has 1 saturated carbocycles. The van der Waals surface area contributed by atoms with Crippen LogP contribution in [0.2, 0.25) is 0 Å². The lowest BCUT2D eigenvalue weighted by molar-refractivity contribution is 0.0985. The van der Waals surface area contributed by atoms with Gasteiger partial charge < -0.3 is 14.7 Å². The van der Waals surface area contributed by atoms with Gasteiger partial charge in [-0.15, -0.1) is 0 Å². The molecular weight excluding hydrogens is 368 g/mol. The Morgan fingerprint density at radius 1 is 1.31 bits per heavy atom. The second kappa shape index (κ2) is 7.76. The number of nitrogens with zero attached hydrogens (tertiary/aromatic N) is 5. The SMILES string of the molecule is C[C@@H]1COCCN1c1cc(C2CCCCC2CO)c2cnn(-c3ccn[nH]3)c2n1. The zero-order valence-corrected chi connectivity index (χ0v) is 16.8. The maximum atomic E-state index is 10.0. The molecule has 4 heterocycles. The number of rotatable bonds is 4. The fourth-order valence-corrected chi connectivity index (χ4v) is 4.91. The molecule has 0 spiro atoms. The Morgan fingerprint density at radius 2 is 2.21 bits per heavy atom. The molecule has 2 aliphatic rings. The molecule has 8 heteroatoms. The Hall–Kier alpha value is -2.45. The van der Waals surface area contributed by atoms with E-state index < -0.39 is 0 Å². The van der Waals surface area contributed by atoms with Crippen molar-refractivity contribution < 1.29 is 9.84 Å². The predicted octanol–water partition coefficient (Wildman–Crippen LogP) is 2.63. The average molecular weight is 396 g/mol. The van der Waals surface area contributed by atoms with Gasteiger partial charge in [-0.3, -0.25) is 5.10 Å². The molecule has 2 N–H and O–H groups in total. The van der Waals surface area contributed by atoms with E-state index in [1.165, 1.54) is 18.4 Å². The molecule has 5 rings (SSSR count). The topological polar surface area (TPSA) is 92.1 Å². The van der Waals surface area contributed by atoms with Gasteiger partial charge in [-0.25, -0.2) is 4.98 Å². The Labute approximate surface area is 169 Å². The zero-order valence-electron chi connectivity index (χ0n) is 16.8. The summed E-state index contributed by atoms with van der Waals surface area (Å²) in [5.41, 5.74) is 2.09. The number of hydrogen-bond acceptors (Lipinski definition) is 6. The van der Waals surface area contributed by atoms with Gasteiger partial charge in [0, 0.05) is 24.6 Å². The summed E-state index contributed by atoms with van der Waals surface area (Å²) in [5.74, 6) is 2.38. The van der Waals surface area contributed by atoms with Crippen LogP contribution in [0, 0.1) is 5.92 Å². The van der Waals surface area contributed by atoms with E-state index in [4.69, 9.17) is 9.72 Å². The van der Waals surface area contributed by atoms with Gasteiger partial charge in [0.05, 0.1) is 31.6 Å². The molecule has 1 saturated heterocycles. The lowest BCUT2D eigenvalue weighted by Gasteiger charge is -2.36. The third kappa shape index (κ3) is 3.30. The van der Waals surface area contributed by atoms with Crippen LogP contribution in [0.4, 0.5) is 5.82 Å². The van der Waals surface area contributed by atoms with Gasteiger partial charge in [0.1, 0.15) is 5.82 Å². The first-order chi connectivity index (χ1) is 14.3. The lowest BCUT2D eigenvalue weighted by Crippen LogP contribution is -2.44. The monoisotopic (exact) mass is 396 g/mol. The maximum absolute atomic E-state index is 10.0. The summed E-state index contributed by atoms with van der Waals surface area (Å²) < 4.78 is 7.47. The van der Waals surface area contributed by atoms with Crippen molar-refractivity contribution in [1.82, 2.24) is 25.0 Å². The number of anilines is 1. The molecule has 154 valence electrons. The van der Waals surface area contributed by atoms with E-state index in [1.54, 1.807) is 6.20 Å². The summed E-state index contributed by atoms with van der Waals surface area (Å²) in [4.78, 5) is 7.36. The lowest BCUT2D eigenvalue weighted by atomic mass is 9.75. The van der Waals surface area contributed by atoms with Crippen molar-refractivity contribution >= 4 is 16.9 Å². The van der Waals surface area contributed by atoms with Crippen molar-refractivity contribution in [3.8, 4) is 5.82 Å². The van der Waals surface area contributed by atoms with Crippen molar-refractivity contribution in [3.63, 3.8) is 0 Å². The standard InChI is InChI=1S/C21H28N6O2/c1-14-13-29-9-8-26(14)20-10-17(16-5-3-2-4-15(16)12-28)18-11-23-27(21(18)24-20)19-6-7-22-25-19/h6-7,10-11,14-16,28H,2-5,8-9,12-13H2,1H3,(H,22,25)/t14-,15?,16?/m1/s1. The maximum Gasteiger partial charge on any atom is 0.167 e. The number of fused-ring (bicyclic) bond motifs is 1. The van der Waals surface area contributed by atoms with E-state index in [-0.39, 0.29) is 12.6 Å². The number of aliphatic hydroxyl groups is 1. The summed E-state index contributed by atoms with van der Waals surface area (Å²) in [6.45, 7) is 4.64. The third-order valence-corrected chi connectivity index (χ3v) is 6.48. The van der Waals surface area contributed by atoms with Gasteiger partial charge in [-0.1, -0.05) is 12.8 Å². The molecule has 0 bridgehead atoms. The first-order valence-corrected chi connectivity index (χ1v) is 10.6. The summed E-state index contributed by atoms with van der Waals surface area (Å²) in [5, 5.41) is 22.8. The number of hydrogen-bond donors (Lipinski definition) is 2. The number of aromatic nitrogens is 5. The first-order valence-electron chi connectivity index (χ1n) is 10.6. The van der Waals surface area contributed by atoms with Gasteiger partial charge in [0.15, 0.2) is 11.5 Å². The van der Waals surface area contributed by atoms with Crippen LogP contribution in [0.5, 0.6) is 0 Å². The van der Waals surface area contributed by atoms with Crippen molar-refractivity contribution in [2.75, 3.05) is 31.3 Å². The Morgan fingerprint density at radius 3 is 3.00 bits per heavy atom. The van der Waals surface area contributed by atoms with Gasteiger partial charge in [-0.05, 0) is 43.2 Å². The number of H-pyrrole nitrogens is 1. The molecule has 1 aliphatic carbocycles. The number of aliphatic hydroxyl groups excluding tert-OH is 1. The van der Waals surface area contributed by atoms with Crippen LogP contribution >= 0.6 is 0 Å². The molecule has 8 nitrogen and oxygen atoms in total. The van der Waals surface area contributed by atoms with Gasteiger partial charge >= 0.3 is 0 Å². The molecule has 3 aromatic rings. The second-order valence-corrected chi connectivity index (χ2v) is 8.26. The van der Waals surface area contributed by atoms with E-state index in [0.29, 0.717) is 25.0 Å². The van der Waals surface area contributed by atoms with Crippen LogP contribution < -0.4 is 4.90 Å². The first kappa shape index (κ1) is 18.6. The molecule has 0 amide bonds. The fourth-order valence-electron chi connectivity index (χ4n) is 4.91. The van der Waals surface area contributed by atoms with E-state index in [9.17, 15) is 5.11 Å². The van der Waals surface area contributed by atoms with Crippen LogP contribution in [0.25, 0.3) is 16.9 Å². The normalized spacial score (nSPS) is 25.6. The average Bonchev–Trinajstić information content (AvgIpc) is 3.43. The van der Waals surface area contributed by atoms with Gasteiger partial charge in [0.2, 0.25) is 0 Å². The number of ether oxygens (including phenoxy) is 1. The smallest absolute Gasteiger partial charge is 0.167 e. The predicted molar refractivity (Wildman–Crippen MR) is 110 cm³/mol. The minimum absolute atomic E-state index is 0.229. The van der Waals surface area contributed by atoms with E-state index in [0.717, 1.165) is 42.1 Å². The van der Waals surface area contributed by atoms with Gasteiger partial charge in [0.25, 0.3) is 0 Å². The minimum atomic E-state index is 0.229. The molecule has 0 aromatic carbocycles. The van der Waals surface area contributed by atoms with Crippen molar-refractivity contribution in [2.24, 2.45) is 5.92 Å². The van der Waals surface area contributed by atoms with Crippen molar-refractivity contribution in [1.29, 1.82) is 0 Å². The highest BCUT2D eigenvalue weighted by Gasteiger charge is 2.30. The largest absolute Gasteiger partial charge is 0.396 e. The molecule has 2 fully saturated rings. The molecule has 3 aromatic heterocycles. The molecule has 3 atom stereocenters. The van der Waals surface area contributed by atoms with E-state index in [1.807, 2.05) is 16.9 Å². The quantitative estimate of drug-likeness (QED) is 0.704. The summed E-state index contributed by atoms with van der Waals surface area (Å²) >= 11 is 0. The molecule has 1 aliphatic heterocycles. The minimum Gasteiger partial charge on any atom is -0.396 e. The summed E-state index contributed by atoms with van der Waals surface area (Å²) in [6.07, 6.45) is 8.19. The number of aromatic amines is 1. The fraction of sp³-hybridized carbons (Fsp3) is 0.571. The number of pyridine rings is 1. The van der Waals surface area contributed by atoms with Gasteiger partial charge in [-0.2, -0.15) is 14.9 Å². The highest BCUT2D eigenvalue weighted by Crippen LogP contribution is 2.41. The zero-order chi connectivity index (χ0) is 19.8. The van der Waals surface area contributed by atoms with Crippen molar-refractivity contribution in [3.05, 3.63) is 30.1 Å². The second-order valence-electron chi connectivity index (χ2n) is 8.26. The van der Waals surface area contributed by atoms with E-state index >= 15 is 0 Å². The van der Waals surface area contributed by atoms with E-state index in [2.05, 4.69) is 33.2 Å². The Balaban J connectivity index is 1.68. The van der Waals surface area contributed by atoms with Crippen LogP contribution in [0.1, 0.15) is 44.1 Å². The van der Waals surface area contributed by atoms with Crippen LogP contribution in [-0.4, -0.2) is 62.5 Å². The molecule has 2 unspecified atom stereocenters. The van der Waals surface area contributed by atoms with Crippen LogP contribution in [0.15, 0.2) is 24.5 Å². The van der Waals surface area contributed by atoms with Crippen molar-refractivity contribution in [2.45, 2.75) is 44.6 Å². The third-order valence-electron chi connectivity index (χ3n) is 6.48. The highest BCUT2D eigenvalue weighted by atomic mass is 16.5. The molecule has 0 radical (unpaired) electrons. The molecular formula is C21H28N6O2. The number of morpholine rings is 1. The summed E-state index contributed by atoms with van der Waals surface area (Å²) in [7, 11) is 0. The Bertz CT molecular complexity index is 969. The van der Waals surface area contributed by atoms with Crippen LogP contribution in [0.3, 0.4) is 0 Å². The number of nitrogens with one attached hydrogen (secondary N) is 1. The Kier molecular flexibility index (Phi) is 4.97. The highest BCUT2D eigenvalue weighted by molar-refractivity contribution is 5.83. The van der Waals surface area contributed by atoms with Crippen LogP contribution in [-0.2, 0) is 4.74 Å². The summed E-state index contributed by atoms with van der Waals surface area (Å²) in [6, 6.07) is 4.40. The molecule has 29 heavy (non-hydrogen) atoms.